The zero-order valence-electron chi connectivity index (χ0n) is 11.7. The summed E-state index contributed by atoms with van der Waals surface area (Å²) in [7, 11) is 0. The first kappa shape index (κ1) is 14.5. The van der Waals surface area contributed by atoms with Crippen LogP contribution in [0.2, 0.25) is 8.87 Å². The Hall–Kier alpha value is -0.921. The van der Waals surface area contributed by atoms with Crippen molar-refractivity contribution in [1.82, 2.24) is 26.0 Å². The Balaban J connectivity index is 2.38. The van der Waals surface area contributed by atoms with Crippen molar-refractivity contribution in [2.45, 2.75) is 48.4 Å². The first-order chi connectivity index (χ1) is 9.33. The van der Waals surface area contributed by atoms with Crippen LogP contribution in [0.15, 0.2) is 25.3 Å². The van der Waals surface area contributed by atoms with Gasteiger partial charge in [0.25, 0.3) is 0 Å². The van der Waals surface area contributed by atoms with Crippen molar-refractivity contribution in [3.05, 3.63) is 25.3 Å². The molecule has 2 heterocycles. The summed E-state index contributed by atoms with van der Waals surface area (Å²) in [5.41, 5.74) is 0. The van der Waals surface area contributed by atoms with Crippen molar-refractivity contribution in [2.24, 2.45) is 0 Å². The average Bonchev–Trinajstić information content (AvgIpc) is 3.12. The molecule has 19 heavy (non-hydrogen) atoms. The Kier molecular flexibility index (Phi) is 5.35. The molecule has 0 amide bonds. The van der Waals surface area contributed by atoms with Gasteiger partial charge in [-0.05, 0) is 0 Å². The monoisotopic (exact) mass is 370 g/mol. The predicted molar refractivity (Wildman–Crippen MR) is 76.0 cm³/mol. The third-order valence-electron chi connectivity index (χ3n) is 3.55. The second-order valence-corrected chi connectivity index (χ2v) is 15.9. The molecular formula is C12H22N6Sn. The molecule has 0 unspecified atom stereocenters. The van der Waals surface area contributed by atoms with Crippen molar-refractivity contribution in [3.63, 3.8) is 0 Å². The van der Waals surface area contributed by atoms with Gasteiger partial charge >= 0.3 is 119 Å². The number of nitrogens with zero attached hydrogens (tertiary/aromatic N) is 6. The molecule has 7 heteroatoms. The van der Waals surface area contributed by atoms with Crippen LogP contribution in [-0.4, -0.2) is 44.9 Å². The maximum atomic E-state index is 4.46. The molecule has 0 aliphatic heterocycles. The summed E-state index contributed by atoms with van der Waals surface area (Å²) in [5, 5.41) is 8.92. The van der Waals surface area contributed by atoms with Crippen LogP contribution in [0.4, 0.5) is 0 Å². The summed E-state index contributed by atoms with van der Waals surface area (Å²) in [6.07, 6.45) is 11.9. The molecule has 0 saturated heterocycles. The average molecular weight is 369 g/mol. The van der Waals surface area contributed by atoms with Gasteiger partial charge in [-0.25, -0.2) is 0 Å². The molecule has 6 nitrogen and oxygen atoms in total. The van der Waals surface area contributed by atoms with Gasteiger partial charge < -0.3 is 0 Å². The van der Waals surface area contributed by atoms with Crippen LogP contribution in [0.3, 0.4) is 0 Å². The number of hydrogen-bond donors (Lipinski definition) is 0. The van der Waals surface area contributed by atoms with Gasteiger partial charge in [-0.1, -0.05) is 0 Å². The Morgan fingerprint density at radius 2 is 1.32 bits per heavy atom. The van der Waals surface area contributed by atoms with Crippen LogP contribution >= 0.6 is 0 Å². The molecule has 0 N–H and O–H groups in total. The molecule has 2 aromatic heterocycles. The van der Waals surface area contributed by atoms with E-state index in [0.717, 1.165) is 0 Å². The van der Waals surface area contributed by atoms with Gasteiger partial charge in [-0.15, -0.1) is 0 Å². The van der Waals surface area contributed by atoms with E-state index in [-0.39, 0.29) is 0 Å². The Bertz CT molecular complexity index is 408. The van der Waals surface area contributed by atoms with Crippen molar-refractivity contribution in [1.29, 1.82) is 0 Å². The quantitative estimate of drug-likeness (QED) is 0.671. The van der Waals surface area contributed by atoms with Gasteiger partial charge in [0.05, 0.1) is 0 Å². The summed E-state index contributed by atoms with van der Waals surface area (Å²) in [5.74, 6) is 0. The third-order valence-corrected chi connectivity index (χ3v) is 16.3. The Morgan fingerprint density at radius 3 is 1.63 bits per heavy atom. The van der Waals surface area contributed by atoms with E-state index in [1.165, 1.54) is 34.6 Å². The summed E-state index contributed by atoms with van der Waals surface area (Å²) < 4.78 is 6.71. The van der Waals surface area contributed by atoms with E-state index in [0.29, 0.717) is 0 Å². The minimum atomic E-state index is -2.89. The van der Waals surface area contributed by atoms with Crippen LogP contribution in [-0.2, 0) is 0 Å². The summed E-state index contributed by atoms with van der Waals surface area (Å²) in [6, 6.07) is 0. The molecule has 0 saturated carbocycles. The van der Waals surface area contributed by atoms with Crippen LogP contribution in [0.5, 0.6) is 0 Å². The second kappa shape index (κ2) is 7.02. The van der Waals surface area contributed by atoms with Crippen molar-refractivity contribution < 1.29 is 0 Å². The van der Waals surface area contributed by atoms with E-state index < -0.39 is 18.9 Å². The first-order valence-corrected chi connectivity index (χ1v) is 13.6. The third kappa shape index (κ3) is 3.16. The van der Waals surface area contributed by atoms with E-state index in [1.807, 2.05) is 12.7 Å². The van der Waals surface area contributed by atoms with Gasteiger partial charge in [0, 0.05) is 0 Å². The topological polar surface area (TPSA) is 61.4 Å². The van der Waals surface area contributed by atoms with Crippen LogP contribution in [0, 0.1) is 0 Å². The number of aromatic nitrogens is 6. The molecule has 0 spiro atoms. The Labute approximate surface area is 118 Å². The molecule has 0 bridgehead atoms. The predicted octanol–water partition coefficient (Wildman–Crippen LogP) is 2.31. The molecular weight excluding hydrogens is 347 g/mol. The van der Waals surface area contributed by atoms with Gasteiger partial charge in [0.2, 0.25) is 0 Å². The molecule has 2 rings (SSSR count). The minimum absolute atomic E-state index is 1.20. The normalized spacial score (nSPS) is 11.9. The van der Waals surface area contributed by atoms with Gasteiger partial charge in [0.15, 0.2) is 0 Å². The zero-order valence-corrected chi connectivity index (χ0v) is 14.6. The number of unbranched alkanes of at least 4 members (excludes halogenated alkanes) is 2. The van der Waals surface area contributed by atoms with Crippen LogP contribution < -0.4 is 0 Å². The van der Waals surface area contributed by atoms with E-state index >= 15 is 0 Å². The fourth-order valence-electron chi connectivity index (χ4n) is 2.45. The molecule has 2 aromatic rings. The van der Waals surface area contributed by atoms with E-state index in [4.69, 9.17) is 0 Å². The van der Waals surface area contributed by atoms with Crippen LogP contribution in [0.1, 0.15) is 39.5 Å². The molecule has 0 aliphatic carbocycles. The SMILES string of the molecule is CCC[CH2][Sn]([CH2]CCC)([n]1cncn1)[n]1cncn1. The molecule has 0 fully saturated rings. The van der Waals surface area contributed by atoms with Gasteiger partial charge in [-0.3, -0.25) is 0 Å². The summed E-state index contributed by atoms with van der Waals surface area (Å²) in [6.45, 7) is 4.47. The van der Waals surface area contributed by atoms with Crippen LogP contribution in [0.25, 0.3) is 0 Å². The van der Waals surface area contributed by atoms with Crippen molar-refractivity contribution in [3.8, 4) is 0 Å². The number of hydrogen-bond acceptors (Lipinski definition) is 4. The van der Waals surface area contributed by atoms with E-state index in [9.17, 15) is 0 Å². The first-order valence-electron chi connectivity index (χ1n) is 7.03. The fraction of sp³-hybridized carbons (Fsp3) is 0.667. The van der Waals surface area contributed by atoms with E-state index in [1.54, 1.807) is 12.7 Å². The molecule has 104 valence electrons. The summed E-state index contributed by atoms with van der Waals surface area (Å²) in [4.78, 5) is 8.31. The fourth-order valence-corrected chi connectivity index (χ4v) is 14.8. The van der Waals surface area contributed by atoms with Crippen molar-refractivity contribution >= 4 is 18.9 Å². The van der Waals surface area contributed by atoms with Crippen molar-refractivity contribution in [2.75, 3.05) is 0 Å². The Morgan fingerprint density at radius 1 is 0.842 bits per heavy atom. The molecule has 0 atom stereocenters. The number of rotatable bonds is 8. The standard InChI is InChI=1S/2C4H9.2C2H2N3.Sn/c2*1-3-4-2;2*1-3-2-5-4-1;/h2*1,3-4H2,2H3;2*1-2H;/q;;2*-1;+2. The second-order valence-electron chi connectivity index (χ2n) is 4.87. The zero-order chi connectivity index (χ0) is 13.6. The van der Waals surface area contributed by atoms with Gasteiger partial charge in [-0.2, -0.15) is 0 Å². The van der Waals surface area contributed by atoms with E-state index in [2.05, 4.69) is 39.8 Å². The maximum absolute atomic E-state index is 4.46. The molecule has 0 aliphatic rings. The summed E-state index contributed by atoms with van der Waals surface area (Å²) >= 11 is -2.89. The molecule has 0 radical (unpaired) electrons. The van der Waals surface area contributed by atoms with Gasteiger partial charge in [0.1, 0.15) is 0 Å². The molecule has 0 aromatic carbocycles.